The van der Waals surface area contributed by atoms with Gasteiger partial charge in [-0.25, -0.2) is 8.42 Å². The zero-order valence-electron chi connectivity index (χ0n) is 15.8. The number of benzene rings is 2. The highest BCUT2D eigenvalue weighted by atomic mass is 32.2. The Kier molecular flexibility index (Phi) is 5.63. The number of piperazine rings is 1. The predicted octanol–water partition coefficient (Wildman–Crippen LogP) is 1.00. The predicted molar refractivity (Wildman–Crippen MR) is 107 cm³/mol. The number of rotatable bonds is 4. The minimum absolute atomic E-state index is 0.0599. The van der Waals surface area contributed by atoms with E-state index in [1.54, 1.807) is 17.0 Å². The molecule has 4 rings (SSSR count). The maximum absolute atomic E-state index is 13.0. The molecule has 0 atom stereocenters. The fourth-order valence-corrected chi connectivity index (χ4v) is 5.16. The molecular weight excluding hydrogens is 378 g/mol. The lowest BCUT2D eigenvalue weighted by molar-refractivity contribution is -0.134. The first-order valence-electron chi connectivity index (χ1n) is 9.61. The van der Waals surface area contributed by atoms with Gasteiger partial charge in [0.15, 0.2) is 0 Å². The van der Waals surface area contributed by atoms with Gasteiger partial charge in [-0.15, -0.1) is 0 Å². The number of carbonyl (C=O) groups is 1. The summed E-state index contributed by atoms with van der Waals surface area (Å²) in [7, 11) is -3.56. The van der Waals surface area contributed by atoms with Gasteiger partial charge in [0.05, 0.1) is 24.7 Å². The van der Waals surface area contributed by atoms with Crippen molar-refractivity contribution in [3.63, 3.8) is 0 Å². The Balaban J connectivity index is 1.39. The Labute approximate surface area is 165 Å². The zero-order chi connectivity index (χ0) is 19.6. The molecule has 2 aromatic rings. The van der Waals surface area contributed by atoms with E-state index in [1.807, 2.05) is 30.3 Å². The largest absolute Gasteiger partial charge is 0.379 e. The molecule has 0 N–H and O–H groups in total. The third-order valence-electron chi connectivity index (χ3n) is 5.41. The summed E-state index contributed by atoms with van der Waals surface area (Å²) in [5, 5.41) is 1.92. The van der Waals surface area contributed by atoms with E-state index in [0.29, 0.717) is 50.8 Å². The van der Waals surface area contributed by atoms with E-state index in [4.69, 9.17) is 4.74 Å². The number of carbonyl (C=O) groups excluding carboxylic acids is 1. The minimum atomic E-state index is -3.56. The highest BCUT2D eigenvalue weighted by Crippen LogP contribution is 2.23. The van der Waals surface area contributed by atoms with Crippen molar-refractivity contribution in [2.75, 3.05) is 59.0 Å². The molecule has 2 fully saturated rings. The monoisotopic (exact) mass is 403 g/mol. The van der Waals surface area contributed by atoms with Crippen molar-refractivity contribution in [3.8, 4) is 0 Å². The molecule has 2 aromatic carbocycles. The van der Waals surface area contributed by atoms with Crippen molar-refractivity contribution < 1.29 is 17.9 Å². The van der Waals surface area contributed by atoms with Gasteiger partial charge in [0.1, 0.15) is 0 Å². The summed E-state index contributed by atoms with van der Waals surface area (Å²) in [4.78, 5) is 16.7. The van der Waals surface area contributed by atoms with Crippen LogP contribution in [0.4, 0.5) is 0 Å². The molecular formula is C20H25N3O4S. The summed E-state index contributed by atoms with van der Waals surface area (Å²) in [5.41, 5.74) is 0. The fourth-order valence-electron chi connectivity index (χ4n) is 3.71. The molecule has 2 aliphatic heterocycles. The Bertz CT molecular complexity index is 949. The van der Waals surface area contributed by atoms with Crippen LogP contribution in [0.2, 0.25) is 0 Å². The Hall–Kier alpha value is -2.00. The Morgan fingerprint density at radius 2 is 1.57 bits per heavy atom. The van der Waals surface area contributed by atoms with Crippen molar-refractivity contribution in [2.24, 2.45) is 0 Å². The van der Waals surface area contributed by atoms with Gasteiger partial charge in [-0.3, -0.25) is 9.69 Å². The average molecular weight is 404 g/mol. The lowest BCUT2D eigenvalue weighted by Crippen LogP contribution is -2.53. The van der Waals surface area contributed by atoms with Crippen LogP contribution in [-0.4, -0.2) is 87.5 Å². The number of fused-ring (bicyclic) bond motifs is 1. The van der Waals surface area contributed by atoms with E-state index in [2.05, 4.69) is 4.90 Å². The maximum Gasteiger partial charge on any atom is 0.243 e. The molecule has 0 radical (unpaired) electrons. The van der Waals surface area contributed by atoms with Crippen LogP contribution >= 0.6 is 0 Å². The first kappa shape index (κ1) is 19.3. The Morgan fingerprint density at radius 3 is 2.29 bits per heavy atom. The summed E-state index contributed by atoms with van der Waals surface area (Å²) in [5.74, 6) is 0.0599. The number of sulfonamides is 1. The second-order valence-corrected chi connectivity index (χ2v) is 9.12. The smallest absolute Gasteiger partial charge is 0.243 e. The fraction of sp³-hybridized carbons (Fsp3) is 0.450. The van der Waals surface area contributed by atoms with Crippen LogP contribution in [-0.2, 0) is 19.6 Å². The second kappa shape index (κ2) is 8.16. The van der Waals surface area contributed by atoms with Gasteiger partial charge in [0, 0.05) is 39.3 Å². The number of hydrogen-bond donors (Lipinski definition) is 0. The van der Waals surface area contributed by atoms with E-state index in [-0.39, 0.29) is 5.91 Å². The average Bonchev–Trinajstić information content (AvgIpc) is 2.74. The summed E-state index contributed by atoms with van der Waals surface area (Å²) in [6.45, 7) is 4.72. The number of morpholine rings is 1. The minimum Gasteiger partial charge on any atom is -0.379 e. The summed E-state index contributed by atoms with van der Waals surface area (Å²) in [6, 6.07) is 12.9. The number of hydrogen-bond acceptors (Lipinski definition) is 5. The van der Waals surface area contributed by atoms with E-state index in [0.717, 1.165) is 23.9 Å². The molecule has 1 amide bonds. The van der Waals surface area contributed by atoms with Crippen LogP contribution in [0.15, 0.2) is 47.4 Å². The van der Waals surface area contributed by atoms with Gasteiger partial charge in [-0.05, 0) is 22.9 Å². The molecule has 0 spiro atoms. The van der Waals surface area contributed by atoms with Gasteiger partial charge < -0.3 is 9.64 Å². The molecule has 2 heterocycles. The topological polar surface area (TPSA) is 70.2 Å². The van der Waals surface area contributed by atoms with Crippen LogP contribution in [0, 0.1) is 0 Å². The number of ether oxygens (including phenoxy) is 1. The van der Waals surface area contributed by atoms with E-state index in [9.17, 15) is 13.2 Å². The standard InChI is InChI=1S/C20H25N3O4S/c24-20(16-21-11-13-27-14-12-21)22-7-9-23(10-8-22)28(25,26)19-6-5-17-3-1-2-4-18(17)15-19/h1-6,15H,7-14,16H2. The van der Waals surface area contributed by atoms with Crippen molar-refractivity contribution >= 4 is 26.7 Å². The SMILES string of the molecule is O=C(CN1CCOCC1)N1CCN(S(=O)(=O)c2ccc3ccccc3c2)CC1. The van der Waals surface area contributed by atoms with Crippen LogP contribution in [0.3, 0.4) is 0 Å². The molecule has 7 nitrogen and oxygen atoms in total. The van der Waals surface area contributed by atoms with Gasteiger partial charge in [0.25, 0.3) is 0 Å². The first-order chi connectivity index (χ1) is 13.5. The summed E-state index contributed by atoms with van der Waals surface area (Å²) >= 11 is 0. The highest BCUT2D eigenvalue weighted by Gasteiger charge is 2.30. The van der Waals surface area contributed by atoms with Crippen molar-refractivity contribution in [1.82, 2.24) is 14.1 Å². The number of nitrogens with zero attached hydrogens (tertiary/aromatic N) is 3. The van der Waals surface area contributed by atoms with Crippen molar-refractivity contribution in [1.29, 1.82) is 0 Å². The lowest BCUT2D eigenvalue weighted by Gasteiger charge is -2.35. The van der Waals surface area contributed by atoms with Gasteiger partial charge in [0.2, 0.25) is 15.9 Å². The molecule has 8 heteroatoms. The van der Waals surface area contributed by atoms with E-state index < -0.39 is 10.0 Å². The molecule has 0 unspecified atom stereocenters. The Morgan fingerprint density at radius 1 is 0.893 bits per heavy atom. The van der Waals surface area contributed by atoms with Gasteiger partial charge in [-0.2, -0.15) is 4.31 Å². The number of amides is 1. The van der Waals surface area contributed by atoms with Crippen molar-refractivity contribution in [2.45, 2.75) is 4.90 Å². The van der Waals surface area contributed by atoms with Crippen LogP contribution in [0.25, 0.3) is 10.8 Å². The second-order valence-electron chi connectivity index (χ2n) is 7.18. The third kappa shape index (κ3) is 4.05. The normalized spacial score (nSPS) is 19.8. The molecule has 2 aliphatic rings. The quantitative estimate of drug-likeness (QED) is 0.762. The van der Waals surface area contributed by atoms with Gasteiger partial charge >= 0.3 is 0 Å². The molecule has 0 saturated carbocycles. The summed E-state index contributed by atoms with van der Waals surface area (Å²) in [6.07, 6.45) is 0. The molecule has 0 aliphatic carbocycles. The lowest BCUT2D eigenvalue weighted by atomic mass is 10.1. The van der Waals surface area contributed by atoms with E-state index in [1.165, 1.54) is 4.31 Å². The molecule has 150 valence electrons. The zero-order valence-corrected chi connectivity index (χ0v) is 16.6. The van der Waals surface area contributed by atoms with Crippen molar-refractivity contribution in [3.05, 3.63) is 42.5 Å². The van der Waals surface area contributed by atoms with E-state index >= 15 is 0 Å². The highest BCUT2D eigenvalue weighted by molar-refractivity contribution is 7.89. The summed E-state index contributed by atoms with van der Waals surface area (Å²) < 4.78 is 32.8. The van der Waals surface area contributed by atoms with Crippen LogP contribution in [0.1, 0.15) is 0 Å². The first-order valence-corrected chi connectivity index (χ1v) is 11.0. The molecule has 2 saturated heterocycles. The van der Waals surface area contributed by atoms with Crippen LogP contribution in [0.5, 0.6) is 0 Å². The molecule has 0 bridgehead atoms. The third-order valence-corrected chi connectivity index (χ3v) is 7.31. The maximum atomic E-state index is 13.0. The molecule has 28 heavy (non-hydrogen) atoms. The molecule has 0 aromatic heterocycles. The van der Waals surface area contributed by atoms with Gasteiger partial charge in [-0.1, -0.05) is 30.3 Å². The van der Waals surface area contributed by atoms with Crippen LogP contribution < -0.4 is 0 Å².